The first kappa shape index (κ1) is 16.7. The van der Waals surface area contributed by atoms with Crippen molar-refractivity contribution in [1.82, 2.24) is 0 Å². The van der Waals surface area contributed by atoms with Gasteiger partial charge in [-0.1, -0.05) is 35.3 Å². The number of carbonyl (C=O) groups excluding carboxylic acids is 1. The number of anilines is 1. The molecule has 3 nitrogen and oxygen atoms in total. The van der Waals surface area contributed by atoms with Gasteiger partial charge in [0.2, 0.25) is 0 Å². The summed E-state index contributed by atoms with van der Waals surface area (Å²) in [6.07, 6.45) is -0.630. The maximum absolute atomic E-state index is 12.2. The highest BCUT2D eigenvalue weighted by Crippen LogP contribution is 2.25. The molecular formula is C17H17Cl2NO2. The van der Waals surface area contributed by atoms with Crippen molar-refractivity contribution < 1.29 is 9.53 Å². The summed E-state index contributed by atoms with van der Waals surface area (Å²) in [6.45, 7) is 5.62. The van der Waals surface area contributed by atoms with Crippen molar-refractivity contribution in [3.8, 4) is 5.75 Å². The van der Waals surface area contributed by atoms with Crippen molar-refractivity contribution in [3.63, 3.8) is 0 Å². The van der Waals surface area contributed by atoms with E-state index in [1.165, 1.54) is 0 Å². The molecule has 0 fully saturated rings. The van der Waals surface area contributed by atoms with Crippen LogP contribution in [0.25, 0.3) is 0 Å². The van der Waals surface area contributed by atoms with Crippen molar-refractivity contribution >= 4 is 34.8 Å². The second-order valence-electron chi connectivity index (χ2n) is 5.15. The summed E-state index contributed by atoms with van der Waals surface area (Å²) in [5.74, 6) is 0.455. The molecule has 0 saturated heterocycles. The summed E-state index contributed by atoms with van der Waals surface area (Å²) in [6, 6.07) is 10.8. The Morgan fingerprint density at radius 2 is 1.82 bits per heavy atom. The number of aryl methyl sites for hydroxylation is 2. The van der Waals surface area contributed by atoms with E-state index in [2.05, 4.69) is 5.32 Å². The molecule has 2 aromatic rings. The maximum Gasteiger partial charge on any atom is 0.265 e. The van der Waals surface area contributed by atoms with Crippen LogP contribution < -0.4 is 10.1 Å². The van der Waals surface area contributed by atoms with E-state index in [4.69, 9.17) is 27.9 Å². The Bertz CT molecular complexity index is 701. The third-order valence-electron chi connectivity index (χ3n) is 3.20. The molecule has 0 aliphatic carbocycles. The van der Waals surface area contributed by atoms with E-state index in [1.54, 1.807) is 25.1 Å². The fourth-order valence-corrected chi connectivity index (χ4v) is 2.19. The minimum absolute atomic E-state index is 0.251. The van der Waals surface area contributed by atoms with Crippen LogP contribution in [0.2, 0.25) is 10.0 Å². The van der Waals surface area contributed by atoms with Gasteiger partial charge >= 0.3 is 0 Å². The average molecular weight is 338 g/mol. The Balaban J connectivity index is 2.05. The number of amides is 1. The molecular weight excluding hydrogens is 321 g/mol. The first-order valence-corrected chi connectivity index (χ1v) is 7.62. The Morgan fingerprint density at radius 1 is 1.09 bits per heavy atom. The van der Waals surface area contributed by atoms with Gasteiger partial charge in [0.15, 0.2) is 6.10 Å². The van der Waals surface area contributed by atoms with Crippen LogP contribution in [-0.4, -0.2) is 12.0 Å². The number of carbonyl (C=O) groups is 1. The molecule has 0 heterocycles. The Hall–Kier alpha value is -1.71. The highest BCUT2D eigenvalue weighted by Gasteiger charge is 2.16. The van der Waals surface area contributed by atoms with Crippen LogP contribution >= 0.6 is 23.2 Å². The van der Waals surface area contributed by atoms with Gasteiger partial charge in [0.25, 0.3) is 5.91 Å². The molecule has 1 atom stereocenters. The molecule has 0 bridgehead atoms. The van der Waals surface area contributed by atoms with Gasteiger partial charge in [0.05, 0.1) is 10.0 Å². The number of halogens is 2. The summed E-state index contributed by atoms with van der Waals surface area (Å²) in [5.41, 5.74) is 2.65. The average Bonchev–Trinajstić information content (AvgIpc) is 2.46. The van der Waals surface area contributed by atoms with Crippen LogP contribution in [0.15, 0.2) is 36.4 Å². The third kappa shape index (κ3) is 4.15. The lowest BCUT2D eigenvalue weighted by atomic mass is 10.1. The van der Waals surface area contributed by atoms with Crippen molar-refractivity contribution in [2.75, 3.05) is 5.32 Å². The van der Waals surface area contributed by atoms with Gasteiger partial charge in [-0.2, -0.15) is 0 Å². The molecule has 0 aliphatic rings. The van der Waals surface area contributed by atoms with Crippen molar-refractivity contribution in [3.05, 3.63) is 57.6 Å². The Labute approximate surface area is 140 Å². The van der Waals surface area contributed by atoms with Crippen LogP contribution in [0, 0.1) is 13.8 Å². The van der Waals surface area contributed by atoms with Crippen LogP contribution in [0.5, 0.6) is 5.75 Å². The number of hydrogen-bond donors (Lipinski definition) is 1. The molecule has 5 heteroatoms. The third-order valence-corrected chi connectivity index (χ3v) is 3.94. The number of hydrogen-bond acceptors (Lipinski definition) is 2. The number of nitrogens with one attached hydrogen (secondary N) is 1. The van der Waals surface area contributed by atoms with Crippen LogP contribution in [-0.2, 0) is 4.79 Å². The molecule has 0 unspecified atom stereocenters. The van der Waals surface area contributed by atoms with Gasteiger partial charge in [-0.25, -0.2) is 0 Å². The quantitative estimate of drug-likeness (QED) is 0.850. The SMILES string of the molecule is Cc1ccc(C)c(O[C@@H](C)C(=O)Nc2ccc(Cl)c(Cl)c2)c1. The number of ether oxygens (including phenoxy) is 1. The highest BCUT2D eigenvalue weighted by atomic mass is 35.5. The topological polar surface area (TPSA) is 38.3 Å². The standard InChI is InChI=1S/C17H17Cl2NO2/c1-10-4-5-11(2)16(8-10)22-12(3)17(21)20-13-6-7-14(18)15(19)9-13/h4-9,12H,1-3H3,(H,20,21)/t12-/m0/s1. The molecule has 0 saturated carbocycles. The zero-order chi connectivity index (χ0) is 16.3. The Morgan fingerprint density at radius 3 is 2.50 bits per heavy atom. The van der Waals surface area contributed by atoms with Gasteiger partial charge in [0.1, 0.15) is 5.75 Å². The zero-order valence-electron chi connectivity index (χ0n) is 12.6. The van der Waals surface area contributed by atoms with E-state index in [-0.39, 0.29) is 5.91 Å². The Kier molecular flexibility index (Phi) is 5.33. The van der Waals surface area contributed by atoms with Gasteiger partial charge < -0.3 is 10.1 Å². The molecule has 0 spiro atoms. The highest BCUT2D eigenvalue weighted by molar-refractivity contribution is 6.42. The molecule has 0 radical (unpaired) electrons. The summed E-state index contributed by atoms with van der Waals surface area (Å²) < 4.78 is 5.74. The molecule has 1 N–H and O–H groups in total. The molecule has 0 aromatic heterocycles. The summed E-state index contributed by atoms with van der Waals surface area (Å²) >= 11 is 11.8. The second kappa shape index (κ2) is 7.03. The van der Waals surface area contributed by atoms with E-state index < -0.39 is 6.10 Å². The van der Waals surface area contributed by atoms with E-state index in [9.17, 15) is 4.79 Å². The largest absolute Gasteiger partial charge is 0.481 e. The molecule has 2 aromatic carbocycles. The first-order chi connectivity index (χ1) is 10.4. The lowest BCUT2D eigenvalue weighted by Crippen LogP contribution is -2.30. The maximum atomic E-state index is 12.2. The molecule has 22 heavy (non-hydrogen) atoms. The molecule has 2 rings (SSSR count). The minimum Gasteiger partial charge on any atom is -0.481 e. The first-order valence-electron chi connectivity index (χ1n) is 6.86. The minimum atomic E-state index is -0.630. The molecule has 1 amide bonds. The normalized spacial score (nSPS) is 11.9. The fraction of sp³-hybridized carbons (Fsp3) is 0.235. The summed E-state index contributed by atoms with van der Waals surface area (Å²) in [4.78, 5) is 12.2. The van der Waals surface area contributed by atoms with Gasteiger partial charge in [0, 0.05) is 5.69 Å². The number of benzene rings is 2. The van der Waals surface area contributed by atoms with Crippen LogP contribution in [0.3, 0.4) is 0 Å². The van der Waals surface area contributed by atoms with Gasteiger partial charge in [-0.3, -0.25) is 4.79 Å². The predicted octanol–water partition coefficient (Wildman–Crippen LogP) is 5.02. The van der Waals surface area contributed by atoms with Crippen molar-refractivity contribution in [2.45, 2.75) is 26.9 Å². The molecule has 116 valence electrons. The van der Waals surface area contributed by atoms with E-state index in [0.717, 1.165) is 11.1 Å². The van der Waals surface area contributed by atoms with E-state index in [0.29, 0.717) is 21.5 Å². The van der Waals surface area contributed by atoms with E-state index >= 15 is 0 Å². The molecule has 0 aliphatic heterocycles. The zero-order valence-corrected chi connectivity index (χ0v) is 14.1. The van der Waals surface area contributed by atoms with Crippen molar-refractivity contribution in [1.29, 1.82) is 0 Å². The van der Waals surface area contributed by atoms with Crippen LogP contribution in [0.4, 0.5) is 5.69 Å². The lowest BCUT2D eigenvalue weighted by Gasteiger charge is -2.17. The number of rotatable bonds is 4. The smallest absolute Gasteiger partial charge is 0.265 e. The second-order valence-corrected chi connectivity index (χ2v) is 5.96. The summed E-state index contributed by atoms with van der Waals surface area (Å²) in [5, 5.41) is 3.59. The van der Waals surface area contributed by atoms with E-state index in [1.807, 2.05) is 32.0 Å². The van der Waals surface area contributed by atoms with Crippen molar-refractivity contribution in [2.24, 2.45) is 0 Å². The summed E-state index contributed by atoms with van der Waals surface area (Å²) in [7, 11) is 0. The monoisotopic (exact) mass is 337 g/mol. The van der Waals surface area contributed by atoms with Crippen LogP contribution in [0.1, 0.15) is 18.1 Å². The van der Waals surface area contributed by atoms with Gasteiger partial charge in [-0.15, -0.1) is 0 Å². The predicted molar refractivity (Wildman–Crippen MR) is 91.1 cm³/mol. The fourth-order valence-electron chi connectivity index (χ4n) is 1.90. The van der Waals surface area contributed by atoms with Gasteiger partial charge in [-0.05, 0) is 56.2 Å². The lowest BCUT2D eigenvalue weighted by molar-refractivity contribution is -0.122.